The Morgan fingerprint density at radius 3 is 2.59 bits per heavy atom. The number of amides is 1. The number of hydrogen-bond acceptors (Lipinski definition) is 4. The summed E-state index contributed by atoms with van der Waals surface area (Å²) in [7, 11) is 0. The first-order chi connectivity index (χ1) is 14.1. The number of fused-ring (bicyclic) bond motifs is 1. The van der Waals surface area contributed by atoms with Crippen LogP contribution >= 0.6 is 0 Å². The molecule has 1 aliphatic heterocycles. The Kier molecular flexibility index (Phi) is 5.76. The molecule has 0 bridgehead atoms. The van der Waals surface area contributed by atoms with E-state index in [0.29, 0.717) is 6.54 Å². The van der Waals surface area contributed by atoms with Crippen molar-refractivity contribution >= 4 is 17.3 Å². The minimum atomic E-state index is -0.380. The third kappa shape index (κ3) is 4.56. The fourth-order valence-corrected chi connectivity index (χ4v) is 4.42. The van der Waals surface area contributed by atoms with Gasteiger partial charge in [0, 0.05) is 17.8 Å². The second kappa shape index (κ2) is 8.61. The molecule has 2 N–H and O–H groups in total. The van der Waals surface area contributed by atoms with Crippen molar-refractivity contribution in [3.05, 3.63) is 69.8 Å². The highest BCUT2D eigenvalue weighted by atomic mass is 16.6. The van der Waals surface area contributed by atoms with Gasteiger partial charge in [-0.05, 0) is 42.5 Å². The van der Waals surface area contributed by atoms with Crippen molar-refractivity contribution in [1.82, 2.24) is 5.32 Å². The van der Waals surface area contributed by atoms with Crippen LogP contribution in [0.3, 0.4) is 0 Å². The number of nitro groups is 1. The molecule has 1 aliphatic carbocycles. The lowest BCUT2D eigenvalue weighted by Crippen LogP contribution is -3.16. The zero-order chi connectivity index (χ0) is 20.2. The van der Waals surface area contributed by atoms with Crippen LogP contribution in [0.1, 0.15) is 30.0 Å². The summed E-state index contributed by atoms with van der Waals surface area (Å²) in [6.45, 7) is 3.93. The summed E-state index contributed by atoms with van der Waals surface area (Å²) in [5, 5.41) is 14.0. The molecule has 7 heteroatoms. The van der Waals surface area contributed by atoms with Gasteiger partial charge in [-0.15, -0.1) is 0 Å². The van der Waals surface area contributed by atoms with E-state index in [4.69, 9.17) is 0 Å². The van der Waals surface area contributed by atoms with E-state index in [9.17, 15) is 14.9 Å². The van der Waals surface area contributed by atoms with E-state index in [2.05, 4.69) is 28.4 Å². The Morgan fingerprint density at radius 1 is 1.14 bits per heavy atom. The number of non-ortho nitro benzene ring substituents is 1. The SMILES string of the molecule is O=C(C[NH+]1CCN(c2ccc([N+](=O)[O-])cc2)CC1)N[C@H]1CCCc2ccccc21. The van der Waals surface area contributed by atoms with E-state index in [1.54, 1.807) is 24.3 Å². The van der Waals surface area contributed by atoms with Gasteiger partial charge in [-0.25, -0.2) is 0 Å². The topological polar surface area (TPSA) is 79.9 Å². The average Bonchev–Trinajstić information content (AvgIpc) is 2.74. The van der Waals surface area contributed by atoms with Crippen molar-refractivity contribution in [2.45, 2.75) is 25.3 Å². The van der Waals surface area contributed by atoms with E-state index in [0.717, 1.165) is 51.1 Å². The number of carbonyl (C=O) groups is 1. The average molecular weight is 395 g/mol. The number of benzene rings is 2. The number of aryl methyl sites for hydroxylation is 1. The second-order valence-electron chi connectivity index (χ2n) is 7.90. The number of piperazine rings is 1. The van der Waals surface area contributed by atoms with Gasteiger partial charge in [0.05, 0.1) is 37.1 Å². The molecule has 7 nitrogen and oxygen atoms in total. The molecule has 1 amide bonds. The molecule has 1 saturated heterocycles. The summed E-state index contributed by atoms with van der Waals surface area (Å²) >= 11 is 0. The molecule has 1 heterocycles. The zero-order valence-electron chi connectivity index (χ0n) is 16.5. The molecule has 0 unspecified atom stereocenters. The Labute approximate surface area is 170 Å². The highest BCUT2D eigenvalue weighted by Gasteiger charge is 2.26. The molecule has 2 aromatic carbocycles. The third-order valence-electron chi connectivity index (χ3n) is 6.01. The standard InChI is InChI=1S/C22H26N4O3/c27-22(23-21-7-3-5-17-4-1-2-6-20(17)21)16-24-12-14-25(15-13-24)18-8-10-19(11-9-18)26(28)29/h1-2,4,6,8-11,21H,3,5,7,12-16H2,(H,23,27)/p+1/t21-/m0/s1. The Morgan fingerprint density at radius 2 is 1.86 bits per heavy atom. The fraction of sp³-hybridized carbons (Fsp3) is 0.409. The summed E-state index contributed by atoms with van der Waals surface area (Å²) in [4.78, 5) is 26.6. The van der Waals surface area contributed by atoms with Crippen LogP contribution in [-0.4, -0.2) is 43.6 Å². The molecule has 2 aromatic rings. The van der Waals surface area contributed by atoms with Crippen molar-refractivity contribution in [2.75, 3.05) is 37.6 Å². The lowest BCUT2D eigenvalue weighted by Gasteiger charge is -2.34. The molecule has 29 heavy (non-hydrogen) atoms. The fourth-order valence-electron chi connectivity index (χ4n) is 4.42. The van der Waals surface area contributed by atoms with Gasteiger partial charge >= 0.3 is 0 Å². The summed E-state index contributed by atoms with van der Waals surface area (Å²) < 4.78 is 0. The maximum absolute atomic E-state index is 12.6. The van der Waals surface area contributed by atoms with E-state index in [1.165, 1.54) is 16.0 Å². The highest BCUT2D eigenvalue weighted by molar-refractivity contribution is 5.77. The normalized spacial score (nSPS) is 19.4. The van der Waals surface area contributed by atoms with Gasteiger partial charge in [0.15, 0.2) is 6.54 Å². The van der Waals surface area contributed by atoms with Crippen molar-refractivity contribution in [3.63, 3.8) is 0 Å². The molecule has 0 saturated carbocycles. The predicted molar refractivity (Wildman–Crippen MR) is 111 cm³/mol. The largest absolute Gasteiger partial charge is 0.360 e. The van der Waals surface area contributed by atoms with Crippen LogP contribution in [0.4, 0.5) is 11.4 Å². The van der Waals surface area contributed by atoms with E-state index in [-0.39, 0.29) is 22.6 Å². The minimum Gasteiger partial charge on any atom is -0.360 e. The quantitative estimate of drug-likeness (QED) is 0.594. The molecule has 0 aromatic heterocycles. The predicted octanol–water partition coefficient (Wildman–Crippen LogP) is 1.49. The van der Waals surface area contributed by atoms with Crippen molar-refractivity contribution < 1.29 is 14.6 Å². The Balaban J connectivity index is 1.28. The molecule has 0 spiro atoms. The number of nitrogens with one attached hydrogen (secondary N) is 2. The molecule has 4 rings (SSSR count). The van der Waals surface area contributed by atoms with Crippen molar-refractivity contribution in [3.8, 4) is 0 Å². The van der Waals surface area contributed by atoms with Gasteiger partial charge in [-0.1, -0.05) is 24.3 Å². The van der Waals surface area contributed by atoms with E-state index >= 15 is 0 Å². The number of rotatable bonds is 5. The zero-order valence-corrected chi connectivity index (χ0v) is 16.5. The number of anilines is 1. The van der Waals surface area contributed by atoms with E-state index < -0.39 is 0 Å². The molecule has 2 aliphatic rings. The number of nitro benzene ring substituents is 1. The number of nitrogens with zero attached hydrogens (tertiary/aromatic N) is 2. The highest BCUT2D eigenvalue weighted by Crippen LogP contribution is 2.29. The smallest absolute Gasteiger partial charge is 0.275 e. The Hall–Kier alpha value is -2.93. The first-order valence-corrected chi connectivity index (χ1v) is 10.3. The monoisotopic (exact) mass is 395 g/mol. The lowest BCUT2D eigenvalue weighted by atomic mass is 9.88. The van der Waals surface area contributed by atoms with Crippen LogP contribution in [0.25, 0.3) is 0 Å². The summed E-state index contributed by atoms with van der Waals surface area (Å²) in [6.07, 6.45) is 3.22. The number of carbonyl (C=O) groups excluding carboxylic acids is 1. The molecule has 0 radical (unpaired) electrons. The van der Waals surface area contributed by atoms with Gasteiger partial charge in [-0.2, -0.15) is 0 Å². The molecule has 152 valence electrons. The molecular weight excluding hydrogens is 368 g/mol. The third-order valence-corrected chi connectivity index (χ3v) is 6.01. The molecular formula is C22H27N4O3+. The maximum Gasteiger partial charge on any atom is 0.275 e. The van der Waals surface area contributed by atoms with Gasteiger partial charge in [0.1, 0.15) is 0 Å². The van der Waals surface area contributed by atoms with E-state index in [1.807, 2.05) is 6.07 Å². The van der Waals surface area contributed by atoms with Crippen molar-refractivity contribution in [1.29, 1.82) is 0 Å². The minimum absolute atomic E-state index is 0.110. The summed E-state index contributed by atoms with van der Waals surface area (Å²) in [6, 6.07) is 15.2. The van der Waals surface area contributed by atoms with Gasteiger partial charge in [-0.3, -0.25) is 14.9 Å². The van der Waals surface area contributed by atoms with Crippen LogP contribution < -0.4 is 15.1 Å². The van der Waals surface area contributed by atoms with Crippen LogP contribution in [0, 0.1) is 10.1 Å². The summed E-state index contributed by atoms with van der Waals surface area (Å²) in [5.74, 6) is 0.116. The lowest BCUT2D eigenvalue weighted by molar-refractivity contribution is -0.892. The van der Waals surface area contributed by atoms with Crippen LogP contribution in [0.5, 0.6) is 0 Å². The first kappa shape index (κ1) is 19.4. The van der Waals surface area contributed by atoms with Crippen molar-refractivity contribution in [2.24, 2.45) is 0 Å². The number of hydrogen-bond donors (Lipinski definition) is 2. The van der Waals surface area contributed by atoms with Crippen LogP contribution in [0.2, 0.25) is 0 Å². The first-order valence-electron chi connectivity index (χ1n) is 10.3. The van der Waals surface area contributed by atoms with Gasteiger partial charge in [0.25, 0.3) is 11.6 Å². The maximum atomic E-state index is 12.6. The molecule has 1 atom stereocenters. The van der Waals surface area contributed by atoms with Gasteiger partial charge < -0.3 is 15.1 Å². The number of quaternary nitrogens is 1. The van der Waals surface area contributed by atoms with Gasteiger partial charge in [0.2, 0.25) is 0 Å². The summed E-state index contributed by atoms with van der Waals surface area (Å²) in [5.41, 5.74) is 3.73. The van der Waals surface area contributed by atoms with Crippen LogP contribution in [-0.2, 0) is 11.2 Å². The Bertz CT molecular complexity index is 876. The molecule has 1 fully saturated rings. The van der Waals surface area contributed by atoms with Crippen LogP contribution in [0.15, 0.2) is 48.5 Å². The second-order valence-corrected chi connectivity index (χ2v) is 7.90.